The first-order valence-electron chi connectivity index (χ1n) is 7.22. The summed E-state index contributed by atoms with van der Waals surface area (Å²) in [4.78, 5) is 13.0. The summed E-state index contributed by atoms with van der Waals surface area (Å²) in [5.74, 6) is 0.900. The van der Waals surface area contributed by atoms with E-state index in [1.165, 1.54) is 5.56 Å². The number of carbonyl (C=O) groups is 1. The fraction of sp³-hybridized carbons (Fsp3) is 0.562. The maximum absolute atomic E-state index is 11.4. The second-order valence-corrected chi connectivity index (χ2v) is 5.51. The lowest BCUT2D eigenvalue weighted by atomic mass is 9.89. The Morgan fingerprint density at radius 2 is 2.25 bits per heavy atom. The lowest BCUT2D eigenvalue weighted by Crippen LogP contribution is -2.21. The van der Waals surface area contributed by atoms with Crippen molar-refractivity contribution in [2.75, 3.05) is 20.7 Å². The smallest absolute Gasteiger partial charge is 0.222 e. The summed E-state index contributed by atoms with van der Waals surface area (Å²) >= 11 is 0. The first kappa shape index (κ1) is 14.9. The van der Waals surface area contributed by atoms with Gasteiger partial charge in [0.25, 0.3) is 0 Å². The molecule has 1 N–H and O–H groups in total. The van der Waals surface area contributed by atoms with Crippen molar-refractivity contribution in [3.05, 3.63) is 29.3 Å². The largest absolute Gasteiger partial charge is 0.494 e. The van der Waals surface area contributed by atoms with E-state index in [4.69, 9.17) is 4.74 Å². The van der Waals surface area contributed by atoms with Crippen molar-refractivity contribution in [2.24, 2.45) is 0 Å². The van der Waals surface area contributed by atoms with Crippen molar-refractivity contribution in [3.63, 3.8) is 0 Å². The molecule has 2 rings (SSSR count). The molecular formula is C16H23NO3. The summed E-state index contributed by atoms with van der Waals surface area (Å²) in [6.07, 6.45) is 3.74. The Hall–Kier alpha value is -1.55. The summed E-state index contributed by atoms with van der Waals surface area (Å²) in [6, 6.07) is 5.93. The number of aliphatic hydroxyl groups is 1. The van der Waals surface area contributed by atoms with Crippen LogP contribution in [0.15, 0.2) is 18.2 Å². The van der Waals surface area contributed by atoms with Gasteiger partial charge in [-0.1, -0.05) is 6.07 Å². The van der Waals surface area contributed by atoms with E-state index in [1.54, 1.807) is 19.0 Å². The normalized spacial score (nSPS) is 17.4. The van der Waals surface area contributed by atoms with Crippen molar-refractivity contribution in [1.29, 1.82) is 0 Å². The lowest BCUT2D eigenvalue weighted by molar-refractivity contribution is -0.128. The number of aliphatic hydroxyl groups excluding tert-OH is 1. The molecule has 0 spiro atoms. The number of benzene rings is 1. The summed E-state index contributed by atoms with van der Waals surface area (Å²) in [5.41, 5.74) is 2.22. The van der Waals surface area contributed by atoms with Crippen LogP contribution in [0.25, 0.3) is 0 Å². The molecule has 0 heterocycles. The van der Waals surface area contributed by atoms with E-state index in [1.807, 2.05) is 18.2 Å². The number of amides is 1. The molecule has 0 saturated heterocycles. The molecular weight excluding hydrogens is 254 g/mol. The minimum absolute atomic E-state index is 0.120. The minimum Gasteiger partial charge on any atom is -0.494 e. The fourth-order valence-electron chi connectivity index (χ4n) is 2.48. The zero-order valence-corrected chi connectivity index (χ0v) is 12.3. The first-order valence-corrected chi connectivity index (χ1v) is 7.22. The van der Waals surface area contributed by atoms with E-state index in [2.05, 4.69) is 0 Å². The van der Waals surface area contributed by atoms with E-state index in [-0.39, 0.29) is 12.0 Å². The predicted octanol–water partition coefficient (Wildman–Crippen LogP) is 2.30. The average molecular weight is 277 g/mol. The number of carbonyl (C=O) groups excluding carboxylic acids is 1. The molecule has 1 atom stereocenters. The lowest BCUT2D eigenvalue weighted by Gasteiger charge is -2.22. The molecule has 0 aromatic heterocycles. The third-order valence-corrected chi connectivity index (χ3v) is 3.70. The van der Waals surface area contributed by atoms with Gasteiger partial charge in [-0.25, -0.2) is 0 Å². The topological polar surface area (TPSA) is 49.8 Å². The molecule has 1 aliphatic rings. The van der Waals surface area contributed by atoms with Gasteiger partial charge in [0.05, 0.1) is 12.7 Å². The van der Waals surface area contributed by atoms with Gasteiger partial charge in [0, 0.05) is 20.5 Å². The molecule has 4 heteroatoms. The highest BCUT2D eigenvalue weighted by atomic mass is 16.5. The van der Waals surface area contributed by atoms with Crippen LogP contribution in [0.3, 0.4) is 0 Å². The zero-order valence-electron chi connectivity index (χ0n) is 12.3. The monoisotopic (exact) mass is 277 g/mol. The van der Waals surface area contributed by atoms with Gasteiger partial charge >= 0.3 is 0 Å². The van der Waals surface area contributed by atoms with Crippen molar-refractivity contribution < 1.29 is 14.6 Å². The van der Waals surface area contributed by atoms with Crippen molar-refractivity contribution in [3.8, 4) is 5.75 Å². The number of nitrogens with zero attached hydrogens (tertiary/aromatic N) is 1. The molecule has 20 heavy (non-hydrogen) atoms. The average Bonchev–Trinajstić information content (AvgIpc) is 2.44. The van der Waals surface area contributed by atoms with Gasteiger partial charge in [0.15, 0.2) is 0 Å². The molecule has 1 aliphatic carbocycles. The van der Waals surface area contributed by atoms with Gasteiger partial charge in [0.1, 0.15) is 5.75 Å². The summed E-state index contributed by atoms with van der Waals surface area (Å²) in [7, 11) is 3.52. The molecule has 0 radical (unpaired) electrons. The van der Waals surface area contributed by atoms with Gasteiger partial charge in [-0.3, -0.25) is 4.79 Å². The Morgan fingerprint density at radius 3 is 3.00 bits per heavy atom. The number of fused-ring (bicyclic) bond motifs is 1. The van der Waals surface area contributed by atoms with E-state index in [9.17, 15) is 9.90 Å². The van der Waals surface area contributed by atoms with Crippen LogP contribution in [0.2, 0.25) is 0 Å². The quantitative estimate of drug-likeness (QED) is 0.840. The second kappa shape index (κ2) is 6.75. The van der Waals surface area contributed by atoms with Gasteiger partial charge in [-0.15, -0.1) is 0 Å². The van der Waals surface area contributed by atoms with Crippen LogP contribution in [-0.4, -0.2) is 36.6 Å². The molecule has 110 valence electrons. The molecule has 0 bridgehead atoms. The van der Waals surface area contributed by atoms with E-state index >= 15 is 0 Å². The van der Waals surface area contributed by atoms with Crippen LogP contribution in [-0.2, 0) is 11.2 Å². The minimum atomic E-state index is -0.363. The number of rotatable bonds is 5. The van der Waals surface area contributed by atoms with E-state index < -0.39 is 0 Å². The highest BCUT2D eigenvalue weighted by molar-refractivity contribution is 5.75. The first-order chi connectivity index (χ1) is 9.58. The molecule has 1 amide bonds. The second-order valence-electron chi connectivity index (χ2n) is 5.51. The molecule has 0 saturated carbocycles. The van der Waals surface area contributed by atoms with Crippen molar-refractivity contribution in [1.82, 2.24) is 4.90 Å². The number of aryl methyl sites for hydroxylation is 1. The number of ether oxygens (including phenoxy) is 1. The number of hydrogen-bond acceptors (Lipinski definition) is 3. The third kappa shape index (κ3) is 3.73. The molecule has 0 fully saturated rings. The Bertz CT molecular complexity index is 471. The van der Waals surface area contributed by atoms with Crippen LogP contribution in [0, 0.1) is 0 Å². The predicted molar refractivity (Wildman–Crippen MR) is 77.8 cm³/mol. The standard InChI is InChI=1S/C16H23NO3/c1-17(2)16(19)7-4-10-20-13-9-8-12-5-3-6-15(18)14(12)11-13/h8-9,11,15,18H,3-7,10H2,1-2H3. The molecule has 1 unspecified atom stereocenters. The van der Waals surface area contributed by atoms with Crippen LogP contribution in [0.5, 0.6) is 5.75 Å². The Kier molecular flexibility index (Phi) is 5.01. The Balaban J connectivity index is 1.85. The summed E-state index contributed by atoms with van der Waals surface area (Å²) < 4.78 is 5.67. The van der Waals surface area contributed by atoms with Gasteiger partial charge in [-0.05, 0) is 48.9 Å². The maximum Gasteiger partial charge on any atom is 0.222 e. The molecule has 4 nitrogen and oxygen atoms in total. The molecule has 1 aromatic rings. The van der Waals surface area contributed by atoms with Gasteiger partial charge in [0.2, 0.25) is 5.91 Å². The number of hydrogen-bond donors (Lipinski definition) is 1. The zero-order chi connectivity index (χ0) is 14.5. The van der Waals surface area contributed by atoms with E-state index in [0.717, 1.165) is 30.6 Å². The Morgan fingerprint density at radius 1 is 1.45 bits per heavy atom. The maximum atomic E-state index is 11.4. The van der Waals surface area contributed by atoms with Crippen LogP contribution < -0.4 is 4.74 Å². The highest BCUT2D eigenvalue weighted by Gasteiger charge is 2.18. The van der Waals surface area contributed by atoms with Crippen molar-refractivity contribution in [2.45, 2.75) is 38.2 Å². The molecule has 1 aromatic carbocycles. The molecule has 0 aliphatic heterocycles. The summed E-state index contributed by atoms with van der Waals surface area (Å²) in [5, 5.41) is 9.99. The van der Waals surface area contributed by atoms with Crippen LogP contribution >= 0.6 is 0 Å². The van der Waals surface area contributed by atoms with Gasteiger partial charge in [-0.2, -0.15) is 0 Å². The van der Waals surface area contributed by atoms with E-state index in [0.29, 0.717) is 19.4 Å². The Labute approximate surface area is 120 Å². The van der Waals surface area contributed by atoms with Gasteiger partial charge < -0.3 is 14.7 Å². The fourth-order valence-corrected chi connectivity index (χ4v) is 2.48. The van der Waals surface area contributed by atoms with Crippen molar-refractivity contribution >= 4 is 5.91 Å². The highest BCUT2D eigenvalue weighted by Crippen LogP contribution is 2.32. The third-order valence-electron chi connectivity index (χ3n) is 3.70. The van der Waals surface area contributed by atoms with Crippen LogP contribution in [0.4, 0.5) is 0 Å². The van der Waals surface area contributed by atoms with Crippen LogP contribution in [0.1, 0.15) is 42.9 Å². The summed E-state index contributed by atoms with van der Waals surface area (Å²) in [6.45, 7) is 0.522. The SMILES string of the molecule is CN(C)C(=O)CCCOc1ccc2c(c1)C(O)CCC2.